The lowest BCUT2D eigenvalue weighted by Gasteiger charge is -2.24. The molecular formula is C16H25FIN3O2. The highest BCUT2D eigenvalue weighted by molar-refractivity contribution is 14.0. The van der Waals surface area contributed by atoms with Crippen molar-refractivity contribution in [3.63, 3.8) is 0 Å². The van der Waals surface area contributed by atoms with Crippen molar-refractivity contribution in [3.8, 4) is 5.75 Å². The molecule has 1 aromatic rings. The number of methoxy groups -OCH3 is 1. The minimum atomic E-state index is -0.353. The molecule has 0 aliphatic carbocycles. The average Bonchev–Trinajstić information content (AvgIpc) is 3.01. The number of nitrogens with one attached hydrogen (secondary N) is 1. The van der Waals surface area contributed by atoms with Gasteiger partial charge in [0, 0.05) is 39.7 Å². The van der Waals surface area contributed by atoms with E-state index in [0.29, 0.717) is 12.5 Å². The number of guanidine groups is 1. The zero-order valence-electron chi connectivity index (χ0n) is 13.8. The van der Waals surface area contributed by atoms with Gasteiger partial charge in [0.1, 0.15) is 0 Å². The topological polar surface area (TPSA) is 46.1 Å². The fourth-order valence-corrected chi connectivity index (χ4v) is 2.59. The first-order valence-corrected chi connectivity index (χ1v) is 7.46. The molecule has 2 rings (SSSR count). The number of hydrogen-bond donors (Lipinski definition) is 1. The van der Waals surface area contributed by atoms with Crippen LogP contribution in [0, 0.1) is 11.7 Å². The fraction of sp³-hybridized carbons (Fsp3) is 0.562. The van der Waals surface area contributed by atoms with E-state index < -0.39 is 0 Å². The summed E-state index contributed by atoms with van der Waals surface area (Å²) in [5.74, 6) is 1.24. The summed E-state index contributed by atoms with van der Waals surface area (Å²) in [5.41, 5.74) is 0.844. The quantitative estimate of drug-likeness (QED) is 0.437. The Morgan fingerprint density at radius 3 is 2.87 bits per heavy atom. The molecule has 1 fully saturated rings. The number of nitrogens with zero attached hydrogens (tertiary/aromatic N) is 2. The molecule has 0 amide bonds. The molecule has 0 spiro atoms. The summed E-state index contributed by atoms with van der Waals surface area (Å²) in [7, 11) is 5.21. The third-order valence-electron chi connectivity index (χ3n) is 3.80. The van der Waals surface area contributed by atoms with Gasteiger partial charge in [-0.05, 0) is 24.1 Å². The Labute approximate surface area is 154 Å². The number of ether oxygens (including phenoxy) is 2. The molecule has 1 heterocycles. The third kappa shape index (κ3) is 5.80. The van der Waals surface area contributed by atoms with Crippen molar-refractivity contribution >= 4 is 29.9 Å². The molecule has 1 N–H and O–H groups in total. The third-order valence-corrected chi connectivity index (χ3v) is 3.80. The SMILES string of the molecule is CN=C(NCc1ccc(OC)c(F)c1)N(C)CC1CCOC1.I. The highest BCUT2D eigenvalue weighted by atomic mass is 127. The molecule has 1 aromatic carbocycles. The minimum Gasteiger partial charge on any atom is -0.494 e. The normalized spacial score (nSPS) is 17.6. The summed E-state index contributed by atoms with van der Waals surface area (Å²) in [6, 6.07) is 4.95. The first kappa shape index (κ1) is 20.0. The van der Waals surface area contributed by atoms with Gasteiger partial charge in [-0.1, -0.05) is 6.07 Å². The predicted molar refractivity (Wildman–Crippen MR) is 100 cm³/mol. The Kier molecular flexibility index (Phi) is 8.60. The van der Waals surface area contributed by atoms with Crippen molar-refractivity contribution in [3.05, 3.63) is 29.6 Å². The van der Waals surface area contributed by atoms with Crippen LogP contribution in [0.5, 0.6) is 5.75 Å². The van der Waals surface area contributed by atoms with Crippen LogP contribution >= 0.6 is 24.0 Å². The van der Waals surface area contributed by atoms with Crippen LogP contribution in [0.15, 0.2) is 23.2 Å². The lowest BCUT2D eigenvalue weighted by Crippen LogP contribution is -2.41. The Morgan fingerprint density at radius 1 is 1.52 bits per heavy atom. The summed E-state index contributed by atoms with van der Waals surface area (Å²) in [4.78, 5) is 6.36. The van der Waals surface area contributed by atoms with Crippen LogP contribution in [0.1, 0.15) is 12.0 Å². The van der Waals surface area contributed by atoms with Gasteiger partial charge in [0.05, 0.1) is 13.7 Å². The Balaban J connectivity index is 0.00000264. The second kappa shape index (κ2) is 9.92. The van der Waals surface area contributed by atoms with Gasteiger partial charge in [-0.25, -0.2) is 4.39 Å². The van der Waals surface area contributed by atoms with Crippen molar-refractivity contribution in [2.24, 2.45) is 10.9 Å². The maximum Gasteiger partial charge on any atom is 0.193 e. The highest BCUT2D eigenvalue weighted by Crippen LogP contribution is 2.17. The van der Waals surface area contributed by atoms with Crippen LogP contribution in [-0.2, 0) is 11.3 Å². The number of rotatable bonds is 5. The van der Waals surface area contributed by atoms with E-state index in [4.69, 9.17) is 9.47 Å². The van der Waals surface area contributed by atoms with E-state index >= 15 is 0 Å². The predicted octanol–water partition coefficient (Wildman–Crippen LogP) is 2.50. The first-order valence-electron chi connectivity index (χ1n) is 7.46. The highest BCUT2D eigenvalue weighted by Gasteiger charge is 2.19. The van der Waals surface area contributed by atoms with Crippen LogP contribution < -0.4 is 10.1 Å². The van der Waals surface area contributed by atoms with Gasteiger partial charge < -0.3 is 19.7 Å². The molecule has 23 heavy (non-hydrogen) atoms. The zero-order chi connectivity index (χ0) is 15.9. The van der Waals surface area contributed by atoms with Crippen molar-refractivity contribution in [1.29, 1.82) is 0 Å². The molecular weight excluding hydrogens is 412 g/mol. The maximum atomic E-state index is 13.7. The summed E-state index contributed by atoms with van der Waals surface area (Å²) in [6.07, 6.45) is 1.09. The van der Waals surface area contributed by atoms with Crippen LogP contribution in [0.2, 0.25) is 0 Å². The largest absolute Gasteiger partial charge is 0.494 e. The summed E-state index contributed by atoms with van der Waals surface area (Å²) < 4.78 is 24.0. The lowest BCUT2D eigenvalue weighted by atomic mass is 10.1. The molecule has 0 radical (unpaired) electrons. The van der Waals surface area contributed by atoms with Gasteiger partial charge in [-0.15, -0.1) is 24.0 Å². The second-order valence-corrected chi connectivity index (χ2v) is 5.48. The molecule has 130 valence electrons. The van der Waals surface area contributed by atoms with Crippen molar-refractivity contribution < 1.29 is 13.9 Å². The molecule has 5 nitrogen and oxygen atoms in total. The summed E-state index contributed by atoms with van der Waals surface area (Å²) >= 11 is 0. The van der Waals surface area contributed by atoms with E-state index in [9.17, 15) is 4.39 Å². The van der Waals surface area contributed by atoms with E-state index in [1.807, 2.05) is 13.1 Å². The Morgan fingerprint density at radius 2 is 2.30 bits per heavy atom. The van der Waals surface area contributed by atoms with Crippen molar-refractivity contribution in [1.82, 2.24) is 10.2 Å². The maximum absolute atomic E-state index is 13.7. The molecule has 1 aliphatic rings. The number of benzene rings is 1. The van der Waals surface area contributed by atoms with E-state index in [0.717, 1.165) is 37.7 Å². The molecule has 7 heteroatoms. The molecule has 1 unspecified atom stereocenters. The minimum absolute atomic E-state index is 0. The van der Waals surface area contributed by atoms with Crippen molar-refractivity contribution in [2.45, 2.75) is 13.0 Å². The van der Waals surface area contributed by atoms with E-state index in [1.54, 1.807) is 13.1 Å². The fourth-order valence-electron chi connectivity index (χ4n) is 2.59. The van der Waals surface area contributed by atoms with Crippen LogP contribution in [0.4, 0.5) is 4.39 Å². The monoisotopic (exact) mass is 437 g/mol. The van der Waals surface area contributed by atoms with E-state index in [1.165, 1.54) is 13.2 Å². The van der Waals surface area contributed by atoms with Gasteiger partial charge >= 0.3 is 0 Å². The van der Waals surface area contributed by atoms with Gasteiger partial charge in [-0.2, -0.15) is 0 Å². The molecule has 1 saturated heterocycles. The van der Waals surface area contributed by atoms with Gasteiger partial charge in [0.25, 0.3) is 0 Å². The van der Waals surface area contributed by atoms with Crippen LogP contribution in [0.3, 0.4) is 0 Å². The van der Waals surface area contributed by atoms with Gasteiger partial charge in [0.15, 0.2) is 17.5 Å². The lowest BCUT2D eigenvalue weighted by molar-refractivity contribution is 0.181. The van der Waals surface area contributed by atoms with Gasteiger partial charge in [-0.3, -0.25) is 4.99 Å². The molecule has 1 atom stereocenters. The number of aliphatic imine (C=N–C) groups is 1. The van der Waals surface area contributed by atoms with E-state index in [2.05, 4.69) is 15.2 Å². The van der Waals surface area contributed by atoms with Gasteiger partial charge in [0.2, 0.25) is 0 Å². The molecule has 1 aliphatic heterocycles. The summed E-state index contributed by atoms with van der Waals surface area (Å²) in [6.45, 7) is 3.07. The van der Waals surface area contributed by atoms with Crippen LogP contribution in [0.25, 0.3) is 0 Å². The standard InChI is InChI=1S/C16H24FN3O2.HI/c1-18-16(20(2)10-13-6-7-22-11-13)19-9-12-4-5-15(21-3)14(17)8-12;/h4-5,8,13H,6-7,9-11H2,1-3H3,(H,18,19);1H. The second-order valence-electron chi connectivity index (χ2n) is 5.48. The first-order chi connectivity index (χ1) is 10.6. The molecule has 0 bridgehead atoms. The molecule has 0 aromatic heterocycles. The number of hydrogen-bond acceptors (Lipinski definition) is 3. The molecule has 0 saturated carbocycles. The van der Waals surface area contributed by atoms with Crippen molar-refractivity contribution in [2.75, 3.05) is 41.0 Å². The summed E-state index contributed by atoms with van der Waals surface area (Å²) in [5, 5.41) is 3.25. The zero-order valence-corrected chi connectivity index (χ0v) is 16.2. The smallest absolute Gasteiger partial charge is 0.193 e. The van der Waals surface area contributed by atoms with E-state index in [-0.39, 0.29) is 35.5 Å². The Hall–Kier alpha value is -1.09. The Bertz CT molecular complexity index is 522. The average molecular weight is 437 g/mol. The number of halogens is 2. The van der Waals surface area contributed by atoms with Crippen LogP contribution in [-0.4, -0.2) is 51.8 Å².